The number of benzene rings is 1. The molecule has 0 saturated heterocycles. The van der Waals surface area contributed by atoms with Crippen molar-refractivity contribution < 1.29 is 19.5 Å². The summed E-state index contributed by atoms with van der Waals surface area (Å²) in [5.41, 5.74) is 1.82. The smallest absolute Gasteiger partial charge is 0.308 e. The Morgan fingerprint density at radius 3 is 2.61 bits per heavy atom. The van der Waals surface area contributed by atoms with E-state index in [2.05, 4.69) is 0 Å². The number of aliphatic carboxylic acids is 1. The third-order valence-electron chi connectivity index (χ3n) is 3.68. The molecule has 6 heteroatoms. The molecule has 1 aromatic rings. The van der Waals surface area contributed by atoms with E-state index in [1.54, 1.807) is 25.2 Å². The number of carboxylic acids is 1. The first-order chi connectivity index (χ1) is 10.9. The lowest BCUT2D eigenvalue weighted by molar-refractivity contribution is -0.137. The number of carboxylic acid groups (broad SMARTS) is 1. The van der Waals surface area contributed by atoms with E-state index >= 15 is 0 Å². The van der Waals surface area contributed by atoms with Gasteiger partial charge in [0.1, 0.15) is 5.37 Å². The Hall–Kier alpha value is -2.08. The summed E-state index contributed by atoms with van der Waals surface area (Å²) < 4.78 is 0. The first-order valence-corrected chi connectivity index (χ1v) is 8.36. The molecule has 1 heterocycles. The van der Waals surface area contributed by atoms with Gasteiger partial charge in [0.25, 0.3) is 5.91 Å². The summed E-state index contributed by atoms with van der Waals surface area (Å²) in [4.78, 5) is 37.9. The minimum atomic E-state index is -1.11. The fourth-order valence-electron chi connectivity index (χ4n) is 2.64. The largest absolute Gasteiger partial charge is 0.481 e. The van der Waals surface area contributed by atoms with Gasteiger partial charge in [0.2, 0.25) is 0 Å². The van der Waals surface area contributed by atoms with Gasteiger partial charge in [-0.1, -0.05) is 30.7 Å². The summed E-state index contributed by atoms with van der Waals surface area (Å²) in [6.45, 7) is 3.82. The van der Waals surface area contributed by atoms with Crippen LogP contribution in [0, 0.1) is 6.92 Å². The van der Waals surface area contributed by atoms with Crippen LogP contribution in [0.3, 0.4) is 0 Å². The van der Waals surface area contributed by atoms with Crippen molar-refractivity contribution in [1.29, 1.82) is 0 Å². The van der Waals surface area contributed by atoms with E-state index in [1.165, 1.54) is 16.7 Å². The van der Waals surface area contributed by atoms with Crippen molar-refractivity contribution in [2.24, 2.45) is 0 Å². The fourth-order valence-corrected chi connectivity index (χ4v) is 3.69. The Bertz CT molecular complexity index is 696. The molecule has 0 aliphatic carbocycles. The highest BCUT2D eigenvalue weighted by molar-refractivity contribution is 8.00. The van der Waals surface area contributed by atoms with Gasteiger partial charge in [0.15, 0.2) is 5.78 Å². The standard InChI is InChI=1S/C17H19NO4S/c1-4-23-17-14(12(9-13(19)20)16(22)18(17)3)15(21)11-7-5-6-10(2)8-11/h5-8,17H,4,9H2,1-3H3,(H,19,20)/t17-/m0/s1. The molecular formula is C17H19NO4S. The molecule has 0 bridgehead atoms. The Balaban J connectivity index is 2.53. The van der Waals surface area contributed by atoms with Crippen LogP contribution >= 0.6 is 11.8 Å². The van der Waals surface area contributed by atoms with Gasteiger partial charge < -0.3 is 10.0 Å². The van der Waals surface area contributed by atoms with Crippen molar-refractivity contribution in [3.8, 4) is 0 Å². The second-order valence-electron chi connectivity index (χ2n) is 5.39. The van der Waals surface area contributed by atoms with Crippen LogP contribution in [-0.2, 0) is 9.59 Å². The summed E-state index contributed by atoms with van der Waals surface area (Å²) in [5.74, 6) is -1.05. The Morgan fingerprint density at radius 2 is 2.04 bits per heavy atom. The predicted molar refractivity (Wildman–Crippen MR) is 89.5 cm³/mol. The van der Waals surface area contributed by atoms with E-state index in [9.17, 15) is 14.4 Å². The minimum absolute atomic E-state index is 0.0949. The van der Waals surface area contributed by atoms with E-state index < -0.39 is 17.8 Å². The summed E-state index contributed by atoms with van der Waals surface area (Å²) in [6, 6.07) is 7.11. The SMILES string of the molecule is CCS[C@H]1C(C(=O)c2cccc(C)c2)=C(CC(=O)O)C(=O)N1C. The Kier molecular flexibility index (Phi) is 5.26. The van der Waals surface area contributed by atoms with Gasteiger partial charge in [-0.05, 0) is 18.7 Å². The number of ketones is 1. The molecule has 1 aliphatic heterocycles. The van der Waals surface area contributed by atoms with Gasteiger partial charge in [-0.3, -0.25) is 14.4 Å². The third-order valence-corrected chi connectivity index (χ3v) is 4.88. The third kappa shape index (κ3) is 3.47. The van der Waals surface area contributed by atoms with Crippen molar-refractivity contribution in [3.63, 3.8) is 0 Å². The molecule has 0 radical (unpaired) electrons. The lowest BCUT2D eigenvalue weighted by Gasteiger charge is -2.21. The van der Waals surface area contributed by atoms with E-state index in [1.807, 2.05) is 19.9 Å². The first kappa shape index (κ1) is 17.3. The summed E-state index contributed by atoms with van der Waals surface area (Å²) in [7, 11) is 1.61. The lowest BCUT2D eigenvalue weighted by Crippen LogP contribution is -2.31. The summed E-state index contributed by atoms with van der Waals surface area (Å²) in [5, 5.41) is 8.65. The predicted octanol–water partition coefficient (Wildman–Crippen LogP) is 2.50. The number of Topliss-reactive ketones (excluding diaryl/α,β-unsaturated/α-hetero) is 1. The highest BCUT2D eigenvalue weighted by Gasteiger charge is 2.41. The quantitative estimate of drug-likeness (QED) is 0.810. The number of carbonyl (C=O) groups is 3. The highest BCUT2D eigenvalue weighted by atomic mass is 32.2. The van der Waals surface area contributed by atoms with E-state index in [-0.39, 0.29) is 17.3 Å². The number of hydrogen-bond donors (Lipinski definition) is 1. The Labute approximate surface area is 139 Å². The van der Waals surface area contributed by atoms with Gasteiger partial charge in [0.05, 0.1) is 6.42 Å². The molecule has 1 atom stereocenters. The number of rotatable bonds is 6. The zero-order valence-electron chi connectivity index (χ0n) is 13.3. The number of aryl methyl sites for hydroxylation is 1. The van der Waals surface area contributed by atoms with Crippen LogP contribution in [0.5, 0.6) is 0 Å². The van der Waals surface area contributed by atoms with Crippen molar-refractivity contribution in [3.05, 3.63) is 46.5 Å². The van der Waals surface area contributed by atoms with Crippen LogP contribution in [0.4, 0.5) is 0 Å². The topological polar surface area (TPSA) is 74.7 Å². The van der Waals surface area contributed by atoms with Crippen molar-refractivity contribution in [1.82, 2.24) is 4.90 Å². The first-order valence-electron chi connectivity index (χ1n) is 7.31. The van der Waals surface area contributed by atoms with Gasteiger partial charge in [-0.15, -0.1) is 11.8 Å². The van der Waals surface area contributed by atoms with Crippen LogP contribution in [0.2, 0.25) is 0 Å². The number of amides is 1. The van der Waals surface area contributed by atoms with Gasteiger partial charge in [-0.25, -0.2) is 0 Å². The number of hydrogen-bond acceptors (Lipinski definition) is 4. The normalized spacial score (nSPS) is 17.8. The molecule has 0 saturated carbocycles. The molecule has 1 aliphatic rings. The van der Waals surface area contributed by atoms with Crippen LogP contribution < -0.4 is 0 Å². The molecule has 1 amide bonds. The molecule has 0 fully saturated rings. The molecule has 2 rings (SSSR count). The molecule has 23 heavy (non-hydrogen) atoms. The van der Waals surface area contributed by atoms with Crippen LogP contribution in [0.1, 0.15) is 29.3 Å². The van der Waals surface area contributed by atoms with E-state index in [0.29, 0.717) is 16.9 Å². The maximum atomic E-state index is 12.9. The van der Waals surface area contributed by atoms with Crippen molar-refractivity contribution in [2.45, 2.75) is 25.6 Å². The second kappa shape index (κ2) is 7.00. The molecule has 122 valence electrons. The summed E-state index contributed by atoms with van der Waals surface area (Å²) in [6.07, 6.45) is -0.434. The number of carbonyl (C=O) groups excluding carboxylic acids is 2. The van der Waals surface area contributed by atoms with E-state index in [4.69, 9.17) is 5.11 Å². The maximum Gasteiger partial charge on any atom is 0.308 e. The molecule has 0 aromatic heterocycles. The summed E-state index contributed by atoms with van der Waals surface area (Å²) >= 11 is 1.45. The fraction of sp³-hybridized carbons (Fsp3) is 0.353. The monoisotopic (exact) mass is 333 g/mol. The van der Waals surface area contributed by atoms with Crippen LogP contribution in [0.25, 0.3) is 0 Å². The van der Waals surface area contributed by atoms with Gasteiger partial charge >= 0.3 is 5.97 Å². The molecule has 1 N–H and O–H groups in total. The molecule has 0 spiro atoms. The highest BCUT2D eigenvalue weighted by Crippen LogP contribution is 2.35. The molecule has 1 aromatic carbocycles. The lowest BCUT2D eigenvalue weighted by atomic mass is 9.97. The molecular weight excluding hydrogens is 314 g/mol. The zero-order chi connectivity index (χ0) is 17.1. The van der Waals surface area contributed by atoms with Gasteiger partial charge in [-0.2, -0.15) is 0 Å². The van der Waals surface area contributed by atoms with E-state index in [0.717, 1.165) is 5.56 Å². The zero-order valence-corrected chi connectivity index (χ0v) is 14.1. The Morgan fingerprint density at radius 1 is 1.35 bits per heavy atom. The number of thioether (sulfide) groups is 1. The van der Waals surface area contributed by atoms with Crippen molar-refractivity contribution in [2.75, 3.05) is 12.8 Å². The van der Waals surface area contributed by atoms with Crippen LogP contribution in [0.15, 0.2) is 35.4 Å². The molecule has 0 unspecified atom stereocenters. The number of likely N-dealkylation sites (N-methyl/N-ethyl adjacent to an activating group) is 1. The minimum Gasteiger partial charge on any atom is -0.481 e. The average molecular weight is 333 g/mol. The second-order valence-corrected chi connectivity index (χ2v) is 6.74. The van der Waals surface area contributed by atoms with Crippen molar-refractivity contribution >= 4 is 29.4 Å². The average Bonchev–Trinajstić information content (AvgIpc) is 2.72. The maximum absolute atomic E-state index is 12.9. The molecule has 5 nitrogen and oxygen atoms in total. The van der Waals surface area contributed by atoms with Crippen LogP contribution in [-0.4, -0.2) is 45.8 Å². The van der Waals surface area contributed by atoms with Gasteiger partial charge in [0, 0.05) is 23.8 Å². The number of nitrogens with zero attached hydrogens (tertiary/aromatic N) is 1.